The quantitative estimate of drug-likeness (QED) is 0.112. The van der Waals surface area contributed by atoms with E-state index in [0.29, 0.717) is 23.3 Å². The smallest absolute Gasteiger partial charge is 0.496 e. The Labute approximate surface area is 259 Å². The molecular weight excluding hydrogens is 642 g/mol. The first-order chi connectivity index (χ1) is 21.3. The molecule has 0 heterocycles. The van der Waals surface area contributed by atoms with Gasteiger partial charge in [-0.15, -0.1) is 9.32 Å². The standard InChI is InChI=1S/C29H27F4N3O7S2/c1-41-24-14-23(30)21(15-7-9-19(10-8-15)44-43-42-34)13-22(24)27(37)36-26-17-6-5-16(11-17)25(26)28(38)35-18-3-2-4-20(12-18)45(39,40)29(31,32)33/h2-4,7-10,12-14,16-17,25-26H,5-6,11,34H2,1H3,(H,35,38)(H,36,37)/t16-,17+,25+,26-/m1/s1. The zero-order valence-corrected chi connectivity index (χ0v) is 25.1. The van der Waals surface area contributed by atoms with Crippen molar-refractivity contribution in [2.45, 2.75) is 40.6 Å². The van der Waals surface area contributed by atoms with Gasteiger partial charge in [-0.05, 0) is 73.1 Å². The molecule has 4 N–H and O–H groups in total. The minimum Gasteiger partial charge on any atom is -0.496 e. The molecule has 16 heteroatoms. The first-order valence-electron chi connectivity index (χ1n) is 13.5. The van der Waals surface area contributed by atoms with Crippen molar-refractivity contribution in [2.24, 2.45) is 23.7 Å². The number of nitrogens with two attached hydrogens (primary N) is 1. The molecule has 10 nitrogen and oxygen atoms in total. The molecule has 0 radical (unpaired) electrons. The number of sulfone groups is 1. The molecule has 3 aromatic rings. The highest BCUT2D eigenvalue weighted by Crippen LogP contribution is 2.49. The van der Waals surface area contributed by atoms with E-state index < -0.39 is 49.8 Å². The number of carbonyl (C=O) groups is 2. The minimum atomic E-state index is -5.62. The van der Waals surface area contributed by atoms with Gasteiger partial charge in [-0.1, -0.05) is 18.2 Å². The van der Waals surface area contributed by atoms with E-state index in [9.17, 15) is 31.2 Å². The third-order valence-electron chi connectivity index (χ3n) is 8.10. The Bertz CT molecular complexity index is 1700. The Kier molecular flexibility index (Phi) is 9.41. The highest BCUT2D eigenvalue weighted by Gasteiger charge is 2.52. The number of methoxy groups -OCH3 is 1. The Morgan fingerprint density at radius 1 is 1.02 bits per heavy atom. The number of hydrogen-bond donors (Lipinski definition) is 3. The Morgan fingerprint density at radius 2 is 1.73 bits per heavy atom. The van der Waals surface area contributed by atoms with Crippen LogP contribution < -0.4 is 21.3 Å². The van der Waals surface area contributed by atoms with Gasteiger partial charge in [-0.3, -0.25) is 9.59 Å². The fourth-order valence-electron chi connectivity index (χ4n) is 6.08. The van der Waals surface area contributed by atoms with Crippen LogP contribution in [-0.2, 0) is 24.0 Å². The molecule has 2 fully saturated rings. The number of nitrogens with one attached hydrogen (secondary N) is 2. The van der Waals surface area contributed by atoms with Crippen molar-refractivity contribution < 1.29 is 49.6 Å². The Morgan fingerprint density at radius 3 is 2.40 bits per heavy atom. The predicted octanol–water partition coefficient (Wildman–Crippen LogP) is 5.41. The van der Waals surface area contributed by atoms with Crippen molar-refractivity contribution in [1.82, 2.24) is 5.32 Å². The van der Waals surface area contributed by atoms with Gasteiger partial charge < -0.3 is 15.4 Å². The lowest BCUT2D eigenvalue weighted by Crippen LogP contribution is -2.48. The van der Waals surface area contributed by atoms with Crippen LogP contribution in [0.5, 0.6) is 5.75 Å². The van der Waals surface area contributed by atoms with E-state index in [1.165, 1.54) is 19.2 Å². The van der Waals surface area contributed by atoms with Crippen molar-refractivity contribution >= 4 is 39.4 Å². The first-order valence-corrected chi connectivity index (χ1v) is 15.8. The number of benzene rings is 3. The maximum atomic E-state index is 15.1. The second kappa shape index (κ2) is 13.0. The Hall–Kier alpha value is -3.70. The highest BCUT2D eigenvalue weighted by molar-refractivity contribution is 7.94. The van der Waals surface area contributed by atoms with E-state index in [0.717, 1.165) is 42.7 Å². The lowest BCUT2D eigenvalue weighted by molar-refractivity contribution is -0.195. The van der Waals surface area contributed by atoms with Crippen LogP contribution >= 0.6 is 12.0 Å². The molecule has 2 bridgehead atoms. The number of ether oxygens (including phenoxy) is 1. The maximum absolute atomic E-state index is 15.1. The van der Waals surface area contributed by atoms with Gasteiger partial charge in [0.15, 0.2) is 0 Å². The minimum absolute atomic E-state index is 0.0266. The van der Waals surface area contributed by atoms with Gasteiger partial charge in [0.05, 0.1) is 35.5 Å². The van der Waals surface area contributed by atoms with Crippen LogP contribution in [0.2, 0.25) is 0 Å². The van der Waals surface area contributed by atoms with E-state index in [1.54, 1.807) is 24.3 Å². The second-order valence-electron chi connectivity index (χ2n) is 10.6. The Balaban J connectivity index is 1.37. The first kappa shape index (κ1) is 32.7. The third-order valence-corrected chi connectivity index (χ3v) is 10.2. The van der Waals surface area contributed by atoms with Crippen LogP contribution in [0.4, 0.5) is 23.2 Å². The van der Waals surface area contributed by atoms with Gasteiger partial charge in [0, 0.05) is 28.3 Å². The van der Waals surface area contributed by atoms with Gasteiger partial charge in [-0.2, -0.15) is 19.1 Å². The summed E-state index contributed by atoms with van der Waals surface area (Å²) in [5.41, 5.74) is -5.04. The topological polar surface area (TPSA) is 146 Å². The van der Waals surface area contributed by atoms with Crippen molar-refractivity contribution in [1.29, 1.82) is 0 Å². The van der Waals surface area contributed by atoms with E-state index in [4.69, 9.17) is 10.6 Å². The number of hydrogen-bond acceptors (Lipinski definition) is 9. The average molecular weight is 670 g/mol. The number of carbonyl (C=O) groups excluding carboxylic acids is 2. The number of amides is 2. The van der Waals surface area contributed by atoms with Gasteiger partial charge in [0.2, 0.25) is 5.91 Å². The summed E-state index contributed by atoms with van der Waals surface area (Å²) < 4.78 is 87.9. The largest absolute Gasteiger partial charge is 0.501 e. The molecule has 0 saturated heterocycles. The van der Waals surface area contributed by atoms with E-state index in [2.05, 4.69) is 20.0 Å². The van der Waals surface area contributed by atoms with Crippen LogP contribution in [-0.4, -0.2) is 38.9 Å². The molecule has 0 aliphatic heterocycles. The van der Waals surface area contributed by atoms with Crippen LogP contribution in [0.1, 0.15) is 29.6 Å². The van der Waals surface area contributed by atoms with Crippen LogP contribution in [0, 0.1) is 23.6 Å². The molecule has 4 atom stereocenters. The van der Waals surface area contributed by atoms with Gasteiger partial charge in [0.1, 0.15) is 11.6 Å². The molecule has 0 aromatic heterocycles. The van der Waals surface area contributed by atoms with E-state index in [-0.39, 0.29) is 34.4 Å². The van der Waals surface area contributed by atoms with Crippen molar-refractivity contribution in [3.8, 4) is 16.9 Å². The van der Waals surface area contributed by atoms with E-state index in [1.807, 2.05) is 0 Å². The number of alkyl halides is 3. The van der Waals surface area contributed by atoms with Crippen LogP contribution in [0.3, 0.4) is 0 Å². The molecule has 0 unspecified atom stereocenters. The summed E-state index contributed by atoms with van der Waals surface area (Å²) in [6.07, 6.45) is 2.09. The number of anilines is 1. The van der Waals surface area contributed by atoms with Gasteiger partial charge in [-0.25, -0.2) is 12.8 Å². The molecule has 0 spiro atoms. The molecule has 2 amide bonds. The highest BCUT2D eigenvalue weighted by atomic mass is 32.2. The fourth-order valence-corrected chi connectivity index (χ4v) is 7.25. The van der Waals surface area contributed by atoms with Gasteiger partial charge >= 0.3 is 5.51 Å². The number of fused-ring (bicyclic) bond motifs is 2. The third kappa shape index (κ3) is 6.65. The lowest BCUT2D eigenvalue weighted by Gasteiger charge is -2.31. The normalized spacial score (nSPS) is 21.0. The number of rotatable bonds is 10. The average Bonchev–Trinajstić information content (AvgIpc) is 3.62. The zero-order valence-electron chi connectivity index (χ0n) is 23.5. The summed E-state index contributed by atoms with van der Waals surface area (Å²) in [4.78, 5) is 30.8. The zero-order chi connectivity index (χ0) is 32.5. The van der Waals surface area contributed by atoms with Gasteiger partial charge in [0.25, 0.3) is 15.7 Å². The van der Waals surface area contributed by atoms with Crippen molar-refractivity contribution in [3.05, 3.63) is 72.0 Å². The summed E-state index contributed by atoms with van der Waals surface area (Å²) in [5.74, 6) is 2.09. The fraction of sp³-hybridized carbons (Fsp3) is 0.310. The lowest BCUT2D eigenvalue weighted by atomic mass is 9.83. The molecule has 45 heavy (non-hydrogen) atoms. The maximum Gasteiger partial charge on any atom is 0.501 e. The molecule has 240 valence electrons. The van der Waals surface area contributed by atoms with E-state index >= 15 is 4.39 Å². The SMILES string of the molecule is COc1cc(F)c(-c2ccc(SOON)cc2)cc1C(=O)N[C@@H]1[C@H]2CC[C@H](C2)[C@@H]1C(=O)Nc1cccc(S(=O)(=O)C(F)(F)F)c1. The summed E-state index contributed by atoms with van der Waals surface area (Å²) in [6, 6.07) is 12.2. The summed E-state index contributed by atoms with van der Waals surface area (Å²) in [7, 11) is -4.33. The van der Waals surface area contributed by atoms with Crippen molar-refractivity contribution in [2.75, 3.05) is 12.4 Å². The van der Waals surface area contributed by atoms with Crippen molar-refractivity contribution in [3.63, 3.8) is 0 Å². The molecule has 3 aromatic carbocycles. The molecular formula is C29H27F4N3O7S2. The molecule has 2 aliphatic carbocycles. The summed E-state index contributed by atoms with van der Waals surface area (Å²) in [5, 5.41) is 5.44. The molecule has 5 rings (SSSR count). The summed E-state index contributed by atoms with van der Waals surface area (Å²) >= 11 is 0.842. The molecule has 2 aliphatic rings. The summed E-state index contributed by atoms with van der Waals surface area (Å²) in [6.45, 7) is 0. The van der Waals surface area contributed by atoms with Crippen LogP contribution in [0.25, 0.3) is 11.1 Å². The number of halogens is 4. The molecule has 2 saturated carbocycles. The predicted molar refractivity (Wildman–Crippen MR) is 154 cm³/mol. The second-order valence-corrected chi connectivity index (χ2v) is 13.3. The van der Waals surface area contributed by atoms with Crippen LogP contribution in [0.15, 0.2) is 70.5 Å². The monoisotopic (exact) mass is 669 g/mol.